The molecule has 3 saturated heterocycles. The first-order valence-corrected chi connectivity index (χ1v) is 33.8. The second-order valence-corrected chi connectivity index (χ2v) is 26.0. The molecule has 9 heterocycles. The maximum absolute atomic E-state index is 11.7. The number of benzene rings is 3. The van der Waals surface area contributed by atoms with Crippen LogP contribution in [0.2, 0.25) is 0 Å². The first-order valence-electron chi connectivity index (χ1n) is 29.3. The van der Waals surface area contributed by atoms with E-state index in [0.717, 1.165) is 188 Å². The molecule has 28 heteroatoms. The summed E-state index contributed by atoms with van der Waals surface area (Å²) in [5.41, 5.74) is 20.7. The van der Waals surface area contributed by atoms with Crippen LogP contribution >= 0.6 is 34.0 Å². The number of alkyl halides is 3. The number of hydrogen-bond donors (Lipinski definition) is 1. The average Bonchev–Trinajstić information content (AvgIpc) is 1.63. The Kier molecular flexibility index (Phi) is 24.6. The van der Waals surface area contributed by atoms with Crippen LogP contribution in [0.25, 0.3) is 48.4 Å². The molecule has 3 fully saturated rings. The number of aromatic nitrogens is 9. The number of aldehydes is 1. The van der Waals surface area contributed by atoms with Crippen molar-refractivity contribution in [2.75, 3.05) is 106 Å². The maximum Gasteiger partial charge on any atom is 1.00 e. The number of carbonyl (C=O) groups is 1. The Morgan fingerprint density at radius 1 is 0.548 bits per heavy atom. The normalized spacial score (nSPS) is 15.4. The Morgan fingerprint density at radius 3 is 1.17 bits per heavy atom. The van der Waals surface area contributed by atoms with Gasteiger partial charge in [-0.3, -0.25) is 4.79 Å². The Bertz CT molecular complexity index is 4050. The van der Waals surface area contributed by atoms with Crippen molar-refractivity contribution in [1.82, 2.24) is 45.5 Å². The van der Waals surface area contributed by atoms with E-state index in [1.807, 2.05) is 24.3 Å². The van der Waals surface area contributed by atoms with Crippen molar-refractivity contribution < 1.29 is 76.7 Å². The minimum atomic E-state index is -4.64. The SMILES string of the molecule is C1=C(c2cccc(N3CCOCC3)n2)c2cc(-c3nncs3)ccc2C1.C1=C(c2cccc(N3CCOCC3)n2)c2cc(-c3nncs3)ccc2C1.CCO.CS(=O)(=O)c1nnc(-c2ccc3c(c2)C(c2cccc(N4CCOCC4)n2)=CC3)s1.O=CC(F)(F)F.[B].[H-].[Na+]. The molecule has 0 saturated carbocycles. The largest absolute Gasteiger partial charge is 1.00 e. The van der Waals surface area contributed by atoms with Gasteiger partial charge in [0.15, 0.2) is 0 Å². The third-order valence-electron chi connectivity index (χ3n) is 15.1. The van der Waals surface area contributed by atoms with Gasteiger partial charge in [-0.05, 0) is 114 Å². The number of fused-ring (bicyclic) bond motifs is 3. The van der Waals surface area contributed by atoms with Gasteiger partial charge >= 0.3 is 35.7 Å². The minimum Gasteiger partial charge on any atom is -1.00 e. The second kappa shape index (κ2) is 32.7. The molecule has 0 bridgehead atoms. The van der Waals surface area contributed by atoms with Gasteiger partial charge in [0.2, 0.25) is 20.5 Å². The fraction of sp³-hybridized carbons (Fsp3) is 0.292. The van der Waals surface area contributed by atoms with Crippen LogP contribution in [-0.2, 0) is 48.1 Å². The number of pyridine rings is 3. The van der Waals surface area contributed by atoms with Crippen molar-refractivity contribution in [3.8, 4) is 31.7 Å². The van der Waals surface area contributed by atoms with Gasteiger partial charge < -0.3 is 35.4 Å². The van der Waals surface area contributed by atoms with Crippen molar-refractivity contribution in [3.05, 3.63) is 189 Å². The topological polar surface area (TPSA) is 225 Å². The van der Waals surface area contributed by atoms with Crippen molar-refractivity contribution in [2.24, 2.45) is 0 Å². The molecule has 6 aliphatic rings. The van der Waals surface area contributed by atoms with Gasteiger partial charge in [-0.1, -0.05) is 107 Å². The fourth-order valence-corrected chi connectivity index (χ4v) is 13.5. The molecule has 0 unspecified atom stereocenters. The monoisotopic (exact) mass is 1340 g/mol. The van der Waals surface area contributed by atoms with E-state index in [1.165, 1.54) is 39.0 Å². The quantitative estimate of drug-likeness (QED) is 0.106. The summed E-state index contributed by atoms with van der Waals surface area (Å²) in [5.74, 6) is 3.02. The number of carbonyl (C=O) groups excluding carboxylic acids is 1. The predicted octanol–water partition coefficient (Wildman–Crippen LogP) is 7.16. The van der Waals surface area contributed by atoms with E-state index in [9.17, 15) is 21.6 Å². The fourth-order valence-electron chi connectivity index (χ4n) is 10.8. The molecule has 19 nitrogen and oxygen atoms in total. The smallest absolute Gasteiger partial charge is 1.00 e. The van der Waals surface area contributed by atoms with E-state index in [0.29, 0.717) is 5.01 Å². The molecule has 3 radical (unpaired) electrons. The van der Waals surface area contributed by atoms with Crippen LogP contribution in [0.5, 0.6) is 0 Å². The van der Waals surface area contributed by atoms with Crippen molar-refractivity contribution in [1.29, 1.82) is 0 Å². The number of morpholine rings is 3. The average molecular weight is 1340 g/mol. The number of nitrogens with zero attached hydrogens (tertiary/aromatic N) is 12. The zero-order chi connectivity index (χ0) is 63.3. The molecule has 6 aromatic heterocycles. The number of ether oxygens (including phenoxy) is 3. The van der Waals surface area contributed by atoms with Gasteiger partial charge in [0.05, 0.1) is 56.7 Å². The number of sulfone groups is 1. The number of allylic oxidation sites excluding steroid dienone is 3. The van der Waals surface area contributed by atoms with Gasteiger partial charge in [0.25, 0.3) is 0 Å². The summed E-state index contributed by atoms with van der Waals surface area (Å²) < 4.78 is 71.1. The number of hydrogen-bond acceptors (Lipinski definition) is 22. The van der Waals surface area contributed by atoms with Crippen LogP contribution in [-0.4, -0.2) is 172 Å². The van der Waals surface area contributed by atoms with E-state index in [2.05, 4.69) is 148 Å². The summed E-state index contributed by atoms with van der Waals surface area (Å²) in [6.45, 7) is 11.7. The van der Waals surface area contributed by atoms with Gasteiger partial charge in [-0.15, -0.1) is 30.6 Å². The van der Waals surface area contributed by atoms with Crippen LogP contribution < -0.4 is 44.3 Å². The summed E-state index contributed by atoms with van der Waals surface area (Å²) in [7, 11) is -3.36. The molecule has 0 atom stereocenters. The number of rotatable bonds is 10. The predicted molar refractivity (Wildman–Crippen MR) is 355 cm³/mol. The van der Waals surface area contributed by atoms with E-state index in [4.69, 9.17) is 39.1 Å². The van der Waals surface area contributed by atoms with Crippen LogP contribution in [0.15, 0.2) is 143 Å². The van der Waals surface area contributed by atoms with Crippen LogP contribution in [0.3, 0.4) is 0 Å². The molecule has 3 aliphatic carbocycles. The zero-order valence-corrected chi connectivity index (χ0v) is 56.5. The number of halogens is 3. The molecule has 0 spiro atoms. The van der Waals surface area contributed by atoms with Crippen molar-refractivity contribution in [3.63, 3.8) is 0 Å². The van der Waals surface area contributed by atoms with E-state index >= 15 is 0 Å². The Morgan fingerprint density at radius 2 is 0.882 bits per heavy atom. The Balaban J connectivity index is 0.000000167. The minimum absolute atomic E-state index is 0. The van der Waals surface area contributed by atoms with Crippen molar-refractivity contribution >= 4 is 92.7 Å². The molecule has 475 valence electrons. The van der Waals surface area contributed by atoms with Gasteiger partial charge in [-0.25, -0.2) is 23.4 Å². The first-order chi connectivity index (χ1) is 44.2. The Labute approximate surface area is 574 Å². The molecular weight excluding hydrogens is 1280 g/mol. The van der Waals surface area contributed by atoms with Crippen LogP contribution in [0.4, 0.5) is 30.6 Å². The van der Waals surface area contributed by atoms with Gasteiger partial charge in [-0.2, -0.15) is 13.2 Å². The standard InChI is InChI=1S/C21H20N4O3S2.2C20H18N4OS.C2HF3O.C2H6O.B.Na.H/c1-30(26,27)21-24-23-20(29-21)15-6-5-14-7-8-16(17(14)13-15)18-3-2-4-19(22-18)25-9-11-28-12-10-25;2*1-2-18(22-19(3-1)24-8-10-25-11-9-24)16-7-6-14-4-5-15(12-17(14)16)20-23-21-13-26-20;3-2(4,5)1-6;1-2-3;;;/h2-6,8,13H,7,9-12H2,1H3;2*1-5,7,12-13H,6,8-11H2;1H;3H,2H2,1H3;;;/q;;;;;;+1;-1. The van der Waals surface area contributed by atoms with Crippen molar-refractivity contribution in [2.45, 2.75) is 36.7 Å². The maximum atomic E-state index is 11.7. The van der Waals surface area contributed by atoms with Crippen LogP contribution in [0, 0.1) is 0 Å². The molecule has 1 N–H and O–H groups in total. The summed E-state index contributed by atoms with van der Waals surface area (Å²) in [6.07, 6.45) is 4.94. The molecule has 3 aromatic carbocycles. The number of aliphatic hydroxyl groups excluding tert-OH is 1. The Hall–Kier alpha value is -7.28. The zero-order valence-electron chi connectivity index (χ0n) is 52.3. The van der Waals surface area contributed by atoms with E-state index in [-0.39, 0.29) is 50.3 Å². The molecule has 0 amide bonds. The molecular formula is C65H64BF3N12NaO7S4. The molecule has 3 aliphatic heterocycles. The van der Waals surface area contributed by atoms with E-state index in [1.54, 1.807) is 40.6 Å². The summed E-state index contributed by atoms with van der Waals surface area (Å²) in [5, 5.41) is 34.3. The second-order valence-electron chi connectivity index (χ2n) is 21.1. The molecule has 15 rings (SSSR count). The summed E-state index contributed by atoms with van der Waals surface area (Å²) >= 11 is 4.22. The van der Waals surface area contributed by atoms with Crippen LogP contribution in [0.1, 0.15) is 58.8 Å². The number of anilines is 3. The third kappa shape index (κ3) is 17.8. The van der Waals surface area contributed by atoms with Gasteiger partial charge in [0.1, 0.15) is 43.5 Å². The van der Waals surface area contributed by atoms with Gasteiger partial charge in [0, 0.05) is 94.0 Å². The summed E-state index contributed by atoms with van der Waals surface area (Å²) in [6, 6.07) is 37.9. The summed E-state index contributed by atoms with van der Waals surface area (Å²) in [4.78, 5) is 30.3. The molecule has 9 aromatic rings. The van der Waals surface area contributed by atoms with E-state index < -0.39 is 22.3 Å². The molecule has 93 heavy (non-hydrogen) atoms. The first kappa shape index (κ1) is 70.1. The number of aliphatic hydroxyl groups is 1. The third-order valence-corrected chi connectivity index (χ3v) is 19.3.